The lowest BCUT2D eigenvalue weighted by molar-refractivity contribution is 0.749. The van der Waals surface area contributed by atoms with Crippen LogP contribution in [0.25, 0.3) is 17.1 Å². The molecular formula is C29H20N6. The average molecular weight is 453 g/mol. The lowest BCUT2D eigenvalue weighted by Gasteiger charge is -2.42. The first-order valence-corrected chi connectivity index (χ1v) is 11.7. The van der Waals surface area contributed by atoms with Crippen LogP contribution in [0.3, 0.4) is 0 Å². The van der Waals surface area contributed by atoms with Gasteiger partial charge in [-0.25, -0.2) is 15.0 Å². The summed E-state index contributed by atoms with van der Waals surface area (Å²) in [4.78, 5) is 12.8. The quantitative estimate of drug-likeness (QED) is 0.369. The van der Waals surface area contributed by atoms with Crippen LogP contribution in [0.2, 0.25) is 0 Å². The van der Waals surface area contributed by atoms with Crippen LogP contribution in [0.15, 0.2) is 111 Å². The highest BCUT2D eigenvalue weighted by molar-refractivity contribution is 5.71. The fourth-order valence-corrected chi connectivity index (χ4v) is 5.95. The van der Waals surface area contributed by atoms with Gasteiger partial charge in [0.15, 0.2) is 0 Å². The van der Waals surface area contributed by atoms with E-state index in [2.05, 4.69) is 83.3 Å². The Balaban J connectivity index is 1.38. The van der Waals surface area contributed by atoms with Gasteiger partial charge in [0, 0.05) is 66.1 Å². The molecule has 9 rings (SSSR count). The molecule has 0 N–H and O–H groups in total. The molecule has 0 unspecified atom stereocenters. The van der Waals surface area contributed by atoms with Crippen molar-refractivity contribution in [2.75, 3.05) is 0 Å². The van der Waals surface area contributed by atoms with Crippen LogP contribution in [0, 0.1) is 0 Å². The largest absolute Gasteiger partial charge is 0.306 e. The summed E-state index contributed by atoms with van der Waals surface area (Å²) >= 11 is 0. The van der Waals surface area contributed by atoms with Crippen molar-refractivity contribution in [2.24, 2.45) is 0 Å². The van der Waals surface area contributed by atoms with Gasteiger partial charge in [-0.2, -0.15) is 0 Å². The van der Waals surface area contributed by atoms with Crippen molar-refractivity contribution < 1.29 is 0 Å². The molecule has 6 heteroatoms. The monoisotopic (exact) mass is 452 g/mol. The summed E-state index contributed by atoms with van der Waals surface area (Å²) in [5, 5.41) is 0. The third-order valence-electron chi connectivity index (χ3n) is 7.48. The van der Waals surface area contributed by atoms with Crippen LogP contribution >= 0.6 is 0 Å². The first kappa shape index (κ1) is 18.7. The van der Waals surface area contributed by atoms with Crippen molar-refractivity contribution in [3.8, 4) is 17.1 Å². The second-order valence-electron chi connectivity index (χ2n) is 9.22. The zero-order valence-electron chi connectivity index (χ0n) is 18.7. The highest BCUT2D eigenvalue weighted by Gasteiger charge is 2.41. The minimum atomic E-state index is 0.149. The molecule has 0 saturated heterocycles. The van der Waals surface area contributed by atoms with E-state index < -0.39 is 0 Å². The maximum absolute atomic E-state index is 4.26. The molecule has 0 saturated carbocycles. The molecule has 0 amide bonds. The Bertz CT molecular complexity index is 1490. The number of aromatic nitrogens is 6. The summed E-state index contributed by atoms with van der Waals surface area (Å²) in [6.07, 6.45) is 17.1. The van der Waals surface area contributed by atoms with Crippen molar-refractivity contribution in [2.45, 2.75) is 11.8 Å². The van der Waals surface area contributed by atoms with Gasteiger partial charge in [0.2, 0.25) is 0 Å². The highest BCUT2D eigenvalue weighted by atomic mass is 15.0. The number of hydrogen-bond donors (Lipinski definition) is 0. The predicted octanol–water partition coefficient (Wildman–Crippen LogP) is 5.23. The fraction of sp³-hybridized carbons (Fsp3) is 0.0690. The van der Waals surface area contributed by atoms with Gasteiger partial charge in [-0.05, 0) is 69.8 Å². The first-order chi connectivity index (χ1) is 17.3. The second-order valence-corrected chi connectivity index (χ2v) is 9.22. The summed E-state index contributed by atoms with van der Waals surface area (Å²) in [6.45, 7) is 0. The molecule has 3 heterocycles. The molecule has 3 aromatic heterocycles. The third kappa shape index (κ3) is 2.62. The Labute approximate surface area is 201 Å². The molecule has 0 aliphatic heterocycles. The van der Waals surface area contributed by atoms with Gasteiger partial charge in [-0.3, -0.25) is 0 Å². The Hall–Kier alpha value is -4.71. The van der Waals surface area contributed by atoms with Crippen molar-refractivity contribution >= 4 is 0 Å². The molecule has 0 radical (unpaired) electrons. The Kier molecular flexibility index (Phi) is 3.68. The van der Waals surface area contributed by atoms with Crippen LogP contribution in [-0.4, -0.2) is 28.7 Å². The van der Waals surface area contributed by atoms with Crippen molar-refractivity contribution in [1.29, 1.82) is 0 Å². The maximum Gasteiger partial charge on any atom is 0.0991 e. The zero-order valence-corrected chi connectivity index (χ0v) is 18.7. The van der Waals surface area contributed by atoms with E-state index in [1.165, 1.54) is 33.4 Å². The number of benzene rings is 3. The van der Waals surface area contributed by atoms with Gasteiger partial charge < -0.3 is 13.7 Å². The van der Waals surface area contributed by atoms with Crippen molar-refractivity contribution in [3.63, 3.8) is 0 Å². The van der Waals surface area contributed by atoms with Gasteiger partial charge >= 0.3 is 0 Å². The van der Waals surface area contributed by atoms with E-state index in [9.17, 15) is 0 Å². The van der Waals surface area contributed by atoms with E-state index >= 15 is 0 Å². The maximum atomic E-state index is 4.26. The molecule has 3 aliphatic carbocycles. The molecule has 6 aromatic rings. The molecule has 0 atom stereocenters. The normalized spacial score (nSPS) is 17.1. The summed E-state index contributed by atoms with van der Waals surface area (Å²) in [7, 11) is 0. The Morgan fingerprint density at radius 3 is 1.09 bits per heavy atom. The minimum absolute atomic E-state index is 0.149. The number of nitrogens with zero attached hydrogens (tertiary/aromatic N) is 6. The van der Waals surface area contributed by atoms with E-state index in [0.29, 0.717) is 0 Å². The van der Waals surface area contributed by atoms with Crippen LogP contribution in [0.4, 0.5) is 0 Å². The van der Waals surface area contributed by atoms with E-state index in [4.69, 9.17) is 0 Å². The predicted molar refractivity (Wildman–Crippen MR) is 133 cm³/mol. The van der Waals surface area contributed by atoms with Crippen molar-refractivity contribution in [1.82, 2.24) is 28.7 Å². The SMILES string of the molecule is c1cn(-c2ccc3c(c2)C2c4cc(-n5ccnc5)ccc4C3c3ccc(-n4ccnc4)cc32)cn1. The summed E-state index contributed by atoms with van der Waals surface area (Å²) in [6, 6.07) is 20.6. The van der Waals surface area contributed by atoms with E-state index in [1.807, 2.05) is 56.2 Å². The molecule has 2 bridgehead atoms. The molecule has 3 aliphatic rings. The molecule has 3 aromatic carbocycles. The lowest BCUT2D eigenvalue weighted by Crippen LogP contribution is -2.28. The molecule has 6 nitrogen and oxygen atoms in total. The summed E-state index contributed by atoms with van der Waals surface area (Å²) in [5.41, 5.74) is 11.7. The van der Waals surface area contributed by atoms with E-state index in [0.717, 1.165) is 17.1 Å². The summed E-state index contributed by atoms with van der Waals surface area (Å²) in [5.74, 6) is 0.362. The standard InChI is InChI=1S/C29H20N6/c1-4-22-25(13-19(1)33-10-7-30-16-33)29-26-14-20(34-11-8-31-17-34)2-5-23(26)28(22)24-6-3-21(15-27(24)29)35-12-9-32-18-35/h1-18,28-29H. The van der Waals surface area contributed by atoms with Gasteiger partial charge in [-0.15, -0.1) is 0 Å². The third-order valence-corrected chi connectivity index (χ3v) is 7.48. The van der Waals surface area contributed by atoms with Gasteiger partial charge in [0.25, 0.3) is 0 Å². The van der Waals surface area contributed by atoms with Gasteiger partial charge in [0.1, 0.15) is 0 Å². The van der Waals surface area contributed by atoms with E-state index in [1.54, 1.807) is 0 Å². The average Bonchev–Trinajstić information content (AvgIpc) is 3.71. The lowest BCUT2D eigenvalue weighted by atomic mass is 9.61. The molecular weight excluding hydrogens is 432 g/mol. The summed E-state index contributed by atoms with van der Waals surface area (Å²) < 4.78 is 6.23. The fourth-order valence-electron chi connectivity index (χ4n) is 5.95. The second kappa shape index (κ2) is 6.90. The zero-order chi connectivity index (χ0) is 22.9. The highest BCUT2D eigenvalue weighted by Crippen LogP contribution is 2.56. The molecule has 166 valence electrons. The minimum Gasteiger partial charge on any atom is -0.306 e. The number of rotatable bonds is 3. The molecule has 0 spiro atoms. The van der Waals surface area contributed by atoms with Crippen LogP contribution in [0.1, 0.15) is 45.2 Å². The Morgan fingerprint density at radius 1 is 0.429 bits per heavy atom. The number of imidazole rings is 3. The van der Waals surface area contributed by atoms with Gasteiger partial charge in [0.05, 0.1) is 19.0 Å². The molecule has 0 fully saturated rings. The smallest absolute Gasteiger partial charge is 0.0991 e. The van der Waals surface area contributed by atoms with Crippen LogP contribution in [-0.2, 0) is 0 Å². The van der Waals surface area contributed by atoms with E-state index in [-0.39, 0.29) is 11.8 Å². The van der Waals surface area contributed by atoms with Crippen LogP contribution < -0.4 is 0 Å². The topological polar surface area (TPSA) is 53.5 Å². The Morgan fingerprint density at radius 2 is 0.771 bits per heavy atom. The van der Waals surface area contributed by atoms with Crippen molar-refractivity contribution in [3.05, 3.63) is 144 Å². The first-order valence-electron chi connectivity index (χ1n) is 11.7. The van der Waals surface area contributed by atoms with Crippen LogP contribution in [0.5, 0.6) is 0 Å². The van der Waals surface area contributed by atoms with Gasteiger partial charge in [-0.1, -0.05) is 18.2 Å². The molecule has 35 heavy (non-hydrogen) atoms. The number of hydrogen-bond acceptors (Lipinski definition) is 3.